The third-order valence-corrected chi connectivity index (χ3v) is 6.78. The van der Waals surface area contributed by atoms with Gasteiger partial charge in [0.25, 0.3) is 0 Å². The molecule has 0 saturated heterocycles. The van der Waals surface area contributed by atoms with Crippen LogP contribution in [0.4, 0.5) is 0 Å². The van der Waals surface area contributed by atoms with Crippen molar-refractivity contribution < 1.29 is 39.5 Å². The Balaban J connectivity index is 0. The largest absolute Gasteiger partial charge is 0.494 e. The fourth-order valence-corrected chi connectivity index (χ4v) is 4.77. The summed E-state index contributed by atoms with van der Waals surface area (Å²) in [7, 11) is 0. The molecule has 0 saturated carbocycles. The smallest absolute Gasteiger partial charge is 0.306 e. The van der Waals surface area contributed by atoms with Crippen LogP contribution in [0.5, 0.6) is 11.5 Å². The van der Waals surface area contributed by atoms with Gasteiger partial charge in [0.15, 0.2) is 0 Å². The van der Waals surface area contributed by atoms with Crippen LogP contribution >= 0.6 is 11.8 Å². The van der Waals surface area contributed by atoms with Crippen molar-refractivity contribution in [2.75, 3.05) is 32.7 Å². The van der Waals surface area contributed by atoms with Gasteiger partial charge in [0.1, 0.15) is 11.5 Å². The van der Waals surface area contributed by atoms with Gasteiger partial charge in [0.2, 0.25) is 0 Å². The molecule has 8 nitrogen and oxygen atoms in total. The lowest BCUT2D eigenvalue weighted by atomic mass is 9.96. The Hall–Kier alpha value is -2.75. The molecule has 0 radical (unpaired) electrons. The molecule has 2 aromatic carbocycles. The molecular weight excluding hydrogens is 556 g/mol. The Morgan fingerprint density at radius 2 is 1.40 bits per heavy atom. The van der Waals surface area contributed by atoms with Gasteiger partial charge in [-0.25, -0.2) is 0 Å². The van der Waals surface area contributed by atoms with Crippen LogP contribution in [-0.4, -0.2) is 55.6 Å². The summed E-state index contributed by atoms with van der Waals surface area (Å²) < 4.78 is 22.1. The number of unbranched alkanes of at least 4 members (excludes halogenated alkanes) is 3. The topological polar surface area (TPSA) is 134 Å². The van der Waals surface area contributed by atoms with E-state index in [1.54, 1.807) is 18.7 Å². The molecule has 0 atom stereocenters. The highest BCUT2D eigenvalue weighted by atomic mass is 32.2. The summed E-state index contributed by atoms with van der Waals surface area (Å²) in [4.78, 5) is 24.9. The van der Waals surface area contributed by atoms with Crippen LogP contribution in [0.1, 0.15) is 89.3 Å². The van der Waals surface area contributed by atoms with E-state index in [4.69, 9.17) is 18.9 Å². The second-order valence-corrected chi connectivity index (χ2v) is 10.0. The second kappa shape index (κ2) is 25.9. The molecule has 42 heavy (non-hydrogen) atoms. The summed E-state index contributed by atoms with van der Waals surface area (Å²) in [5.74, 6) is 1.32. The molecule has 0 aliphatic carbocycles. The maximum absolute atomic E-state index is 12.0. The molecule has 9 heteroatoms. The molecule has 0 bridgehead atoms. The van der Waals surface area contributed by atoms with Crippen molar-refractivity contribution in [3.63, 3.8) is 0 Å². The van der Waals surface area contributed by atoms with Crippen LogP contribution in [0.3, 0.4) is 0 Å². The predicted molar refractivity (Wildman–Crippen MR) is 172 cm³/mol. The highest BCUT2D eigenvalue weighted by Gasteiger charge is 2.13. The predicted octanol–water partition coefficient (Wildman–Crippen LogP) is 6.49. The van der Waals surface area contributed by atoms with Gasteiger partial charge in [-0.3, -0.25) is 9.59 Å². The fourth-order valence-electron chi connectivity index (χ4n) is 4.23. The lowest BCUT2D eigenvalue weighted by Crippen LogP contribution is -2.10. The Labute approximate surface area is 257 Å². The zero-order valence-electron chi connectivity index (χ0n) is 26.5. The number of thioether (sulfide) groups is 1. The maximum Gasteiger partial charge on any atom is 0.306 e. The quantitative estimate of drug-likeness (QED) is 0.101. The van der Waals surface area contributed by atoms with E-state index in [1.165, 1.54) is 16.0 Å². The molecule has 0 aliphatic heterocycles. The molecular formula is C33H54O8S. The van der Waals surface area contributed by atoms with Crippen LogP contribution in [0.25, 0.3) is 0 Å². The van der Waals surface area contributed by atoms with Gasteiger partial charge >= 0.3 is 11.9 Å². The number of hydrogen-bond acceptors (Lipinski definition) is 7. The Kier molecular flexibility index (Phi) is 25.5. The van der Waals surface area contributed by atoms with Gasteiger partial charge < -0.3 is 29.9 Å². The summed E-state index contributed by atoms with van der Waals surface area (Å²) in [6, 6.07) is 12.4. The molecule has 0 heterocycles. The van der Waals surface area contributed by atoms with E-state index >= 15 is 0 Å². The number of carbonyl (C=O) groups is 2. The van der Waals surface area contributed by atoms with E-state index in [2.05, 4.69) is 37.4 Å². The monoisotopic (exact) mass is 610 g/mol. The van der Waals surface area contributed by atoms with E-state index < -0.39 is 0 Å². The molecule has 240 valence electrons. The normalized spacial score (nSPS) is 9.86. The summed E-state index contributed by atoms with van der Waals surface area (Å²) in [6.07, 6.45) is 9.09. The molecule has 0 spiro atoms. The minimum absolute atomic E-state index is 0. The summed E-state index contributed by atoms with van der Waals surface area (Å²) >= 11 is 1.73. The molecule has 0 aliphatic rings. The van der Waals surface area contributed by atoms with Gasteiger partial charge in [0.05, 0.1) is 26.4 Å². The first-order valence-corrected chi connectivity index (χ1v) is 16.0. The zero-order valence-corrected chi connectivity index (χ0v) is 27.3. The second-order valence-electron chi connectivity index (χ2n) is 9.15. The van der Waals surface area contributed by atoms with Gasteiger partial charge in [-0.15, -0.1) is 11.8 Å². The molecule has 2 rings (SSSR count). The minimum Gasteiger partial charge on any atom is -0.494 e. The average molecular weight is 611 g/mol. The van der Waals surface area contributed by atoms with Crippen LogP contribution < -0.4 is 9.47 Å². The van der Waals surface area contributed by atoms with E-state index in [0.717, 1.165) is 55.8 Å². The maximum atomic E-state index is 12.0. The van der Waals surface area contributed by atoms with Crippen molar-refractivity contribution in [3.8, 4) is 11.5 Å². The number of aryl methyl sites for hydroxylation is 2. The molecule has 0 fully saturated rings. The molecule has 0 aromatic heterocycles. The molecule has 0 unspecified atom stereocenters. The van der Waals surface area contributed by atoms with Gasteiger partial charge in [-0.05, 0) is 100 Å². The average Bonchev–Trinajstić information content (AvgIpc) is 2.95. The summed E-state index contributed by atoms with van der Waals surface area (Å²) in [6.45, 7) is 11.6. The lowest BCUT2D eigenvalue weighted by Gasteiger charge is -2.16. The summed E-state index contributed by atoms with van der Waals surface area (Å²) in [5.41, 5.74) is 3.48. The molecule has 4 N–H and O–H groups in total. The summed E-state index contributed by atoms with van der Waals surface area (Å²) in [5, 5.41) is 0. The van der Waals surface area contributed by atoms with E-state index in [1.807, 2.05) is 32.9 Å². The fraction of sp³-hybridized carbons (Fsp3) is 0.576. The van der Waals surface area contributed by atoms with Crippen molar-refractivity contribution in [2.45, 2.75) is 97.3 Å². The van der Waals surface area contributed by atoms with Crippen LogP contribution in [-0.2, 0) is 31.9 Å². The van der Waals surface area contributed by atoms with Crippen molar-refractivity contribution in [2.24, 2.45) is 0 Å². The minimum atomic E-state index is -0.207. The number of esters is 2. The first-order valence-electron chi connectivity index (χ1n) is 14.8. The number of hydrogen-bond donors (Lipinski definition) is 0. The van der Waals surface area contributed by atoms with E-state index in [0.29, 0.717) is 45.5 Å². The highest BCUT2D eigenvalue weighted by molar-refractivity contribution is 7.98. The number of rotatable bonds is 19. The highest BCUT2D eigenvalue weighted by Crippen LogP contribution is 2.27. The third-order valence-electron chi connectivity index (χ3n) is 6.07. The first kappa shape index (κ1) is 41.4. The SMILES string of the molecule is CC.CCOC(=O)CCCOc1cccc(CCCCCCOc2cc(C)cc(SC)c2)c1CCC(=O)OCC.O.O. The van der Waals surface area contributed by atoms with Crippen LogP contribution in [0.15, 0.2) is 41.3 Å². The van der Waals surface area contributed by atoms with Gasteiger partial charge in [-0.2, -0.15) is 0 Å². The van der Waals surface area contributed by atoms with E-state index in [-0.39, 0.29) is 22.9 Å². The number of carbonyl (C=O) groups excluding carboxylic acids is 2. The Morgan fingerprint density at radius 1 is 0.762 bits per heavy atom. The van der Waals surface area contributed by atoms with Crippen LogP contribution in [0, 0.1) is 6.92 Å². The number of ether oxygens (including phenoxy) is 4. The number of benzene rings is 2. The van der Waals surface area contributed by atoms with Crippen molar-refractivity contribution in [1.82, 2.24) is 0 Å². The van der Waals surface area contributed by atoms with Gasteiger partial charge in [0, 0.05) is 17.7 Å². The Bertz CT molecular complexity index is 996. The lowest BCUT2D eigenvalue weighted by molar-refractivity contribution is -0.144. The standard InChI is InChI=1S/C31H44O6S.C2H6.2H2O/c1-5-34-30(32)16-12-20-37-29-15-11-14-25(28(29)17-18-31(33)35-6-2)13-9-7-8-10-19-36-26-21-24(3)22-27(23-26)38-4;1-2;;/h11,14-15,21-23H,5-10,12-13,16-20H2,1-4H3;1-2H3;2*1H2. The zero-order chi connectivity index (χ0) is 29.6. The van der Waals surface area contributed by atoms with Gasteiger partial charge in [-0.1, -0.05) is 38.8 Å². The third kappa shape index (κ3) is 17.3. The van der Waals surface area contributed by atoms with Crippen molar-refractivity contribution in [3.05, 3.63) is 53.1 Å². The van der Waals surface area contributed by atoms with Crippen molar-refractivity contribution in [1.29, 1.82) is 0 Å². The Morgan fingerprint density at radius 3 is 2.07 bits per heavy atom. The van der Waals surface area contributed by atoms with E-state index in [9.17, 15) is 9.59 Å². The van der Waals surface area contributed by atoms with Crippen molar-refractivity contribution >= 4 is 23.7 Å². The van der Waals surface area contributed by atoms with Crippen LogP contribution in [0.2, 0.25) is 0 Å². The molecule has 2 aromatic rings. The molecule has 0 amide bonds. The first-order chi connectivity index (χ1) is 19.5.